The molecule has 0 radical (unpaired) electrons. The van der Waals surface area contributed by atoms with Gasteiger partial charge in [0.2, 0.25) is 5.91 Å². The Morgan fingerprint density at radius 2 is 1.97 bits per heavy atom. The first-order chi connectivity index (χ1) is 16.0. The van der Waals surface area contributed by atoms with Gasteiger partial charge in [0.25, 0.3) is 5.56 Å². The van der Waals surface area contributed by atoms with Crippen molar-refractivity contribution < 1.29 is 9.53 Å². The molecule has 0 saturated heterocycles. The number of nitrogens with zero attached hydrogens (tertiary/aromatic N) is 5. The number of nitrogens with one attached hydrogen (secondary N) is 1. The molecule has 0 aliphatic heterocycles. The highest BCUT2D eigenvalue weighted by Crippen LogP contribution is 2.24. The Hall–Kier alpha value is -3.24. The van der Waals surface area contributed by atoms with Crippen molar-refractivity contribution in [1.82, 2.24) is 28.9 Å². The SMILES string of the molecule is COCCn1cnc2c1c(=O)n(CC(=O)NCCN(C)C1CC1)c(=O)n2Cc1ccccc1. The topological polar surface area (TPSA) is 103 Å². The molecule has 4 rings (SSSR count). The van der Waals surface area contributed by atoms with E-state index in [1.807, 2.05) is 37.4 Å². The second-order valence-electron chi connectivity index (χ2n) is 8.41. The van der Waals surface area contributed by atoms with Crippen molar-refractivity contribution in [2.45, 2.75) is 38.5 Å². The summed E-state index contributed by atoms with van der Waals surface area (Å²) >= 11 is 0. The number of hydrogen-bond acceptors (Lipinski definition) is 6. The zero-order chi connectivity index (χ0) is 23.4. The number of fused-ring (bicyclic) bond motifs is 1. The number of rotatable bonds is 11. The number of imidazole rings is 1. The van der Waals surface area contributed by atoms with Gasteiger partial charge in [0.1, 0.15) is 6.54 Å². The van der Waals surface area contributed by atoms with E-state index >= 15 is 0 Å². The summed E-state index contributed by atoms with van der Waals surface area (Å²) in [6, 6.07) is 10.1. The van der Waals surface area contributed by atoms with Crippen LogP contribution in [0.1, 0.15) is 18.4 Å². The predicted molar refractivity (Wildman–Crippen MR) is 124 cm³/mol. The summed E-state index contributed by atoms with van der Waals surface area (Å²) in [5.74, 6) is -0.369. The van der Waals surface area contributed by atoms with Crippen molar-refractivity contribution in [2.75, 3.05) is 33.9 Å². The Labute approximate surface area is 191 Å². The summed E-state index contributed by atoms with van der Waals surface area (Å²) in [7, 11) is 3.61. The van der Waals surface area contributed by atoms with Gasteiger partial charge in [-0.3, -0.25) is 14.2 Å². The second kappa shape index (κ2) is 10.1. The fourth-order valence-corrected chi connectivity index (χ4v) is 3.91. The van der Waals surface area contributed by atoms with Crippen LogP contribution in [0.5, 0.6) is 0 Å². The van der Waals surface area contributed by atoms with Crippen molar-refractivity contribution in [3.63, 3.8) is 0 Å². The molecule has 10 nitrogen and oxygen atoms in total. The van der Waals surface area contributed by atoms with Crippen LogP contribution in [-0.4, -0.2) is 69.4 Å². The Bertz CT molecular complexity index is 1230. The van der Waals surface area contributed by atoms with Crippen molar-refractivity contribution in [1.29, 1.82) is 0 Å². The van der Waals surface area contributed by atoms with Gasteiger partial charge < -0.3 is 19.5 Å². The van der Waals surface area contributed by atoms with E-state index < -0.39 is 11.2 Å². The molecule has 0 atom stereocenters. The molecule has 1 aromatic carbocycles. The maximum Gasteiger partial charge on any atom is 0.333 e. The Morgan fingerprint density at radius 3 is 2.67 bits per heavy atom. The van der Waals surface area contributed by atoms with Crippen LogP contribution in [0, 0.1) is 0 Å². The third-order valence-corrected chi connectivity index (χ3v) is 5.96. The standard InChI is InChI=1S/C23H30N6O4/c1-26(18-8-9-18)11-10-24-19(30)15-29-22(31)20-21(25-16-27(20)12-13-33-2)28(23(29)32)14-17-6-4-3-5-7-17/h3-7,16,18H,8-15H2,1-2H3,(H,24,30). The van der Waals surface area contributed by atoms with E-state index in [4.69, 9.17) is 4.74 Å². The molecule has 1 amide bonds. The van der Waals surface area contributed by atoms with Crippen LogP contribution in [-0.2, 0) is 29.2 Å². The minimum atomic E-state index is -0.557. The molecule has 2 heterocycles. The normalized spacial score (nSPS) is 13.7. The van der Waals surface area contributed by atoms with Gasteiger partial charge in [0, 0.05) is 32.8 Å². The average Bonchev–Trinajstić information content (AvgIpc) is 3.58. The lowest BCUT2D eigenvalue weighted by atomic mass is 10.2. The first-order valence-corrected chi connectivity index (χ1v) is 11.2. The van der Waals surface area contributed by atoms with E-state index in [1.54, 1.807) is 11.7 Å². The maximum absolute atomic E-state index is 13.3. The molecule has 1 N–H and O–H groups in total. The fraction of sp³-hybridized carbons (Fsp3) is 0.478. The van der Waals surface area contributed by atoms with Crippen molar-refractivity contribution in [3.05, 3.63) is 63.1 Å². The van der Waals surface area contributed by atoms with Crippen LogP contribution in [0.15, 0.2) is 46.2 Å². The van der Waals surface area contributed by atoms with Gasteiger partial charge in [-0.1, -0.05) is 30.3 Å². The molecule has 10 heteroatoms. The zero-order valence-electron chi connectivity index (χ0n) is 19.1. The minimum Gasteiger partial charge on any atom is -0.383 e. The van der Waals surface area contributed by atoms with Gasteiger partial charge in [0.15, 0.2) is 11.2 Å². The summed E-state index contributed by atoms with van der Waals surface area (Å²) in [5, 5.41) is 2.83. The molecule has 1 saturated carbocycles. The lowest BCUT2D eigenvalue weighted by Crippen LogP contribution is -2.45. The van der Waals surface area contributed by atoms with Crippen molar-refractivity contribution in [2.24, 2.45) is 0 Å². The Morgan fingerprint density at radius 1 is 1.21 bits per heavy atom. The first kappa shape index (κ1) is 22.9. The predicted octanol–water partition coefficient (Wildman–Crippen LogP) is 0.265. The van der Waals surface area contributed by atoms with E-state index in [2.05, 4.69) is 15.2 Å². The molecular weight excluding hydrogens is 424 g/mol. The van der Waals surface area contributed by atoms with Crippen LogP contribution < -0.4 is 16.6 Å². The van der Waals surface area contributed by atoms with Crippen LogP contribution in [0.3, 0.4) is 0 Å². The van der Waals surface area contributed by atoms with Crippen LogP contribution >= 0.6 is 0 Å². The molecule has 176 valence electrons. The molecule has 2 aromatic heterocycles. The number of hydrogen-bond donors (Lipinski definition) is 1. The highest BCUT2D eigenvalue weighted by molar-refractivity contribution is 5.76. The number of amides is 1. The molecular formula is C23H30N6O4. The minimum absolute atomic E-state index is 0.242. The summed E-state index contributed by atoms with van der Waals surface area (Å²) in [5.41, 5.74) is 0.387. The van der Waals surface area contributed by atoms with Gasteiger partial charge in [0.05, 0.1) is 19.5 Å². The smallest absolute Gasteiger partial charge is 0.333 e. The van der Waals surface area contributed by atoms with Gasteiger partial charge in [-0.2, -0.15) is 0 Å². The van der Waals surface area contributed by atoms with Gasteiger partial charge >= 0.3 is 5.69 Å². The average molecular weight is 455 g/mol. The zero-order valence-corrected chi connectivity index (χ0v) is 19.1. The number of benzene rings is 1. The number of aromatic nitrogens is 4. The Kier molecular flexibility index (Phi) is 7.05. The molecule has 1 fully saturated rings. The summed E-state index contributed by atoms with van der Waals surface area (Å²) in [4.78, 5) is 45.7. The lowest BCUT2D eigenvalue weighted by molar-refractivity contribution is -0.121. The quantitative estimate of drug-likeness (QED) is 0.446. The molecule has 1 aliphatic rings. The summed E-state index contributed by atoms with van der Waals surface area (Å²) < 4.78 is 9.25. The molecule has 3 aromatic rings. The number of carbonyl (C=O) groups excluding carboxylic acids is 1. The van der Waals surface area contributed by atoms with E-state index in [0.29, 0.717) is 31.4 Å². The van der Waals surface area contributed by atoms with E-state index in [-0.39, 0.29) is 24.5 Å². The van der Waals surface area contributed by atoms with Gasteiger partial charge in [-0.15, -0.1) is 0 Å². The Balaban J connectivity index is 1.64. The van der Waals surface area contributed by atoms with E-state index in [1.165, 1.54) is 23.7 Å². The summed E-state index contributed by atoms with van der Waals surface area (Å²) in [6.07, 6.45) is 3.92. The third-order valence-electron chi connectivity index (χ3n) is 5.96. The number of carbonyl (C=O) groups is 1. The molecule has 1 aliphatic carbocycles. The number of ether oxygens (including phenoxy) is 1. The number of methoxy groups -OCH3 is 1. The van der Waals surface area contributed by atoms with Gasteiger partial charge in [-0.05, 0) is 25.5 Å². The van der Waals surface area contributed by atoms with Crippen molar-refractivity contribution in [3.8, 4) is 0 Å². The highest BCUT2D eigenvalue weighted by atomic mass is 16.5. The van der Waals surface area contributed by atoms with Crippen molar-refractivity contribution >= 4 is 17.1 Å². The lowest BCUT2D eigenvalue weighted by Gasteiger charge is -2.16. The largest absolute Gasteiger partial charge is 0.383 e. The first-order valence-electron chi connectivity index (χ1n) is 11.2. The molecule has 0 spiro atoms. The fourth-order valence-electron chi connectivity index (χ4n) is 3.91. The molecule has 33 heavy (non-hydrogen) atoms. The second-order valence-corrected chi connectivity index (χ2v) is 8.41. The molecule has 0 unspecified atom stereocenters. The third kappa shape index (κ3) is 5.23. The van der Waals surface area contributed by atoms with Crippen LogP contribution in [0.25, 0.3) is 11.2 Å². The summed E-state index contributed by atoms with van der Waals surface area (Å²) in [6.45, 7) is 1.89. The van der Waals surface area contributed by atoms with Crippen LogP contribution in [0.2, 0.25) is 0 Å². The monoisotopic (exact) mass is 454 g/mol. The highest BCUT2D eigenvalue weighted by Gasteiger charge is 2.25. The van der Waals surface area contributed by atoms with E-state index in [9.17, 15) is 14.4 Å². The molecule has 0 bridgehead atoms. The van der Waals surface area contributed by atoms with Crippen LogP contribution in [0.4, 0.5) is 0 Å². The van der Waals surface area contributed by atoms with E-state index in [0.717, 1.165) is 16.7 Å². The van der Waals surface area contributed by atoms with Gasteiger partial charge in [-0.25, -0.2) is 14.3 Å². The maximum atomic E-state index is 13.3. The number of likely N-dealkylation sites (N-methyl/N-ethyl adjacent to an activating group) is 1.